The van der Waals surface area contributed by atoms with E-state index in [-0.39, 0.29) is 23.5 Å². The maximum absolute atomic E-state index is 13.0. The van der Waals surface area contributed by atoms with Crippen LogP contribution in [0.1, 0.15) is 41.0 Å². The summed E-state index contributed by atoms with van der Waals surface area (Å²) in [6, 6.07) is 14.5. The van der Waals surface area contributed by atoms with Gasteiger partial charge in [0, 0.05) is 11.6 Å². The van der Waals surface area contributed by atoms with Gasteiger partial charge in [0.05, 0.1) is 23.7 Å². The van der Waals surface area contributed by atoms with E-state index in [4.69, 9.17) is 4.74 Å². The number of aryl methyl sites for hydroxylation is 3. The highest BCUT2D eigenvalue weighted by molar-refractivity contribution is 6.04. The Kier molecular flexibility index (Phi) is 6.08. The fourth-order valence-electron chi connectivity index (χ4n) is 3.95. The molecule has 2 aromatic carbocycles. The van der Waals surface area contributed by atoms with E-state index < -0.39 is 0 Å². The van der Waals surface area contributed by atoms with E-state index in [9.17, 15) is 9.59 Å². The molecule has 37 heavy (non-hydrogen) atoms. The molecule has 3 heterocycles. The molecule has 2 N–H and O–H groups in total. The number of carbonyl (C=O) groups excluding carboxylic acids is 1. The third-order valence-corrected chi connectivity index (χ3v) is 5.92. The van der Waals surface area contributed by atoms with Gasteiger partial charge in [-0.05, 0) is 82.1 Å². The van der Waals surface area contributed by atoms with Crippen LogP contribution in [0.3, 0.4) is 0 Å². The van der Waals surface area contributed by atoms with Gasteiger partial charge < -0.3 is 10.1 Å². The molecule has 0 aliphatic carbocycles. The SMILES string of the molecule is Cc1cc(NC(=O)c2ccc(OC(C)C)cc2)n(-c2nc3c(cnn3-c3ccc(C)c(C)c3)c(=O)[nH]2)n1. The summed E-state index contributed by atoms with van der Waals surface area (Å²) in [5.74, 6) is 0.876. The zero-order chi connectivity index (χ0) is 26.3. The smallest absolute Gasteiger partial charge is 0.263 e. The Labute approximate surface area is 212 Å². The van der Waals surface area contributed by atoms with Crippen molar-refractivity contribution >= 4 is 22.8 Å². The zero-order valence-electron chi connectivity index (χ0n) is 21.2. The summed E-state index contributed by atoms with van der Waals surface area (Å²) in [6.07, 6.45) is 1.53. The van der Waals surface area contributed by atoms with Crippen LogP contribution in [-0.4, -0.2) is 41.5 Å². The summed E-state index contributed by atoms with van der Waals surface area (Å²) in [5.41, 5.74) is 4.16. The number of ether oxygens (including phenoxy) is 1. The molecular weight excluding hydrogens is 470 g/mol. The number of benzene rings is 2. The number of hydrogen-bond acceptors (Lipinski definition) is 6. The standard InChI is InChI=1S/C27H27N7O3/c1-15(2)37-21-10-7-19(8-11-21)25(35)29-23-13-18(5)32-34(23)27-30-24-22(26(36)31-27)14-28-33(24)20-9-6-16(3)17(4)12-20/h6-15H,1-5H3,(H,29,35)(H,30,31,36). The fraction of sp³-hybridized carbons (Fsp3) is 0.222. The molecule has 1 amide bonds. The van der Waals surface area contributed by atoms with Crippen molar-refractivity contribution in [1.82, 2.24) is 29.5 Å². The quantitative estimate of drug-likeness (QED) is 0.362. The molecule has 0 radical (unpaired) electrons. The number of rotatable bonds is 6. The summed E-state index contributed by atoms with van der Waals surface area (Å²) < 4.78 is 8.67. The van der Waals surface area contributed by atoms with Gasteiger partial charge in [-0.15, -0.1) is 0 Å². The van der Waals surface area contributed by atoms with Crippen molar-refractivity contribution in [3.63, 3.8) is 0 Å². The monoisotopic (exact) mass is 497 g/mol. The van der Waals surface area contributed by atoms with Crippen LogP contribution in [0, 0.1) is 20.8 Å². The van der Waals surface area contributed by atoms with Gasteiger partial charge in [-0.1, -0.05) is 6.07 Å². The molecule has 188 valence electrons. The normalized spacial score (nSPS) is 11.3. The van der Waals surface area contributed by atoms with E-state index in [2.05, 4.69) is 25.5 Å². The van der Waals surface area contributed by atoms with Crippen LogP contribution in [0.2, 0.25) is 0 Å². The van der Waals surface area contributed by atoms with E-state index in [0.29, 0.717) is 33.9 Å². The van der Waals surface area contributed by atoms with Gasteiger partial charge in [0.1, 0.15) is 17.0 Å². The number of nitrogens with zero attached hydrogens (tertiary/aromatic N) is 5. The molecule has 0 atom stereocenters. The third kappa shape index (κ3) is 4.73. The van der Waals surface area contributed by atoms with Gasteiger partial charge in [-0.3, -0.25) is 14.6 Å². The summed E-state index contributed by atoms with van der Waals surface area (Å²) in [7, 11) is 0. The van der Waals surface area contributed by atoms with Gasteiger partial charge >= 0.3 is 0 Å². The Morgan fingerprint density at radius 2 is 1.76 bits per heavy atom. The van der Waals surface area contributed by atoms with Crippen LogP contribution in [-0.2, 0) is 0 Å². The van der Waals surface area contributed by atoms with Gasteiger partial charge in [-0.2, -0.15) is 19.9 Å². The molecule has 5 aromatic rings. The van der Waals surface area contributed by atoms with Crippen LogP contribution in [0.15, 0.2) is 59.5 Å². The molecule has 10 nitrogen and oxygen atoms in total. The molecule has 0 saturated carbocycles. The molecule has 0 aliphatic heterocycles. The van der Waals surface area contributed by atoms with Crippen LogP contribution in [0.25, 0.3) is 22.7 Å². The fourth-order valence-corrected chi connectivity index (χ4v) is 3.95. The third-order valence-electron chi connectivity index (χ3n) is 5.92. The average molecular weight is 498 g/mol. The van der Waals surface area contributed by atoms with Crippen LogP contribution >= 0.6 is 0 Å². The number of hydrogen-bond donors (Lipinski definition) is 2. The Morgan fingerprint density at radius 3 is 2.46 bits per heavy atom. The molecular formula is C27H27N7O3. The number of anilines is 1. The second-order valence-electron chi connectivity index (χ2n) is 9.18. The average Bonchev–Trinajstić information content (AvgIpc) is 3.44. The second-order valence-corrected chi connectivity index (χ2v) is 9.18. The first-order valence-corrected chi connectivity index (χ1v) is 11.9. The first kappa shape index (κ1) is 24.0. The molecule has 0 spiro atoms. The molecule has 5 rings (SSSR count). The lowest BCUT2D eigenvalue weighted by atomic mass is 10.1. The zero-order valence-corrected chi connectivity index (χ0v) is 21.2. The number of nitrogens with one attached hydrogen (secondary N) is 2. The van der Waals surface area contributed by atoms with Gasteiger partial charge in [-0.25, -0.2) is 4.68 Å². The lowest BCUT2D eigenvalue weighted by molar-refractivity contribution is 0.102. The van der Waals surface area contributed by atoms with E-state index >= 15 is 0 Å². The minimum absolute atomic E-state index is 0.0373. The number of fused-ring (bicyclic) bond motifs is 1. The largest absolute Gasteiger partial charge is 0.491 e. The highest BCUT2D eigenvalue weighted by atomic mass is 16.5. The Bertz CT molecular complexity index is 1680. The first-order chi connectivity index (χ1) is 17.7. The lowest BCUT2D eigenvalue weighted by Gasteiger charge is -2.11. The predicted octanol–water partition coefficient (Wildman–Crippen LogP) is 4.26. The highest BCUT2D eigenvalue weighted by Crippen LogP contribution is 2.21. The van der Waals surface area contributed by atoms with E-state index in [1.807, 2.05) is 45.9 Å². The molecule has 3 aromatic heterocycles. The van der Waals surface area contributed by atoms with E-state index in [1.165, 1.54) is 10.9 Å². The Balaban J connectivity index is 1.51. The minimum atomic E-state index is -0.360. The van der Waals surface area contributed by atoms with Crippen molar-refractivity contribution in [2.24, 2.45) is 0 Å². The first-order valence-electron chi connectivity index (χ1n) is 11.9. The number of amides is 1. The maximum atomic E-state index is 13.0. The molecule has 10 heteroatoms. The van der Waals surface area contributed by atoms with Crippen LogP contribution in [0.5, 0.6) is 5.75 Å². The van der Waals surface area contributed by atoms with Crippen molar-refractivity contribution in [3.8, 4) is 17.4 Å². The van der Waals surface area contributed by atoms with E-state index in [0.717, 1.165) is 16.8 Å². The summed E-state index contributed by atoms with van der Waals surface area (Å²) in [5, 5.41) is 12.1. The summed E-state index contributed by atoms with van der Waals surface area (Å²) >= 11 is 0. The van der Waals surface area contributed by atoms with Crippen molar-refractivity contribution in [2.75, 3.05) is 5.32 Å². The van der Waals surface area contributed by atoms with Crippen LogP contribution < -0.4 is 15.6 Å². The number of aromatic nitrogens is 6. The van der Waals surface area contributed by atoms with Crippen molar-refractivity contribution < 1.29 is 9.53 Å². The molecule has 0 saturated heterocycles. The molecule has 0 aliphatic rings. The highest BCUT2D eigenvalue weighted by Gasteiger charge is 2.18. The maximum Gasteiger partial charge on any atom is 0.263 e. The van der Waals surface area contributed by atoms with Crippen molar-refractivity contribution in [1.29, 1.82) is 0 Å². The van der Waals surface area contributed by atoms with Gasteiger partial charge in [0.15, 0.2) is 5.65 Å². The molecule has 0 unspecified atom stereocenters. The van der Waals surface area contributed by atoms with Crippen LogP contribution in [0.4, 0.5) is 5.82 Å². The summed E-state index contributed by atoms with van der Waals surface area (Å²) in [6.45, 7) is 9.72. The van der Waals surface area contributed by atoms with Crippen molar-refractivity contribution in [2.45, 2.75) is 40.7 Å². The van der Waals surface area contributed by atoms with E-state index in [1.54, 1.807) is 41.9 Å². The number of H-pyrrole nitrogens is 1. The number of carbonyl (C=O) groups is 1. The minimum Gasteiger partial charge on any atom is -0.491 e. The van der Waals surface area contributed by atoms with Crippen molar-refractivity contribution in [3.05, 3.63) is 87.5 Å². The van der Waals surface area contributed by atoms with Gasteiger partial charge in [0.2, 0.25) is 5.95 Å². The molecule has 0 bridgehead atoms. The number of aromatic amines is 1. The van der Waals surface area contributed by atoms with Gasteiger partial charge in [0.25, 0.3) is 11.5 Å². The summed E-state index contributed by atoms with van der Waals surface area (Å²) in [4.78, 5) is 33.3. The second kappa shape index (κ2) is 9.38. The lowest BCUT2D eigenvalue weighted by Crippen LogP contribution is -2.19. The molecule has 0 fully saturated rings. The Morgan fingerprint density at radius 1 is 1.00 bits per heavy atom. The Hall–Kier alpha value is -4.73. The predicted molar refractivity (Wildman–Crippen MR) is 141 cm³/mol. The topological polar surface area (TPSA) is 120 Å².